The van der Waals surface area contributed by atoms with Crippen LogP contribution in [-0.4, -0.2) is 10.2 Å². The zero-order valence-electron chi connectivity index (χ0n) is 9.34. The SMILES string of the molecule is Cc1cc(O)c(Sc2cccc(O)c2)cc1N. The van der Waals surface area contributed by atoms with E-state index in [1.54, 1.807) is 30.3 Å². The molecule has 0 atom stereocenters. The lowest BCUT2D eigenvalue weighted by Crippen LogP contribution is -1.89. The van der Waals surface area contributed by atoms with Crippen LogP contribution in [0.4, 0.5) is 5.69 Å². The Bertz CT molecular complexity index is 555. The molecule has 2 aromatic carbocycles. The van der Waals surface area contributed by atoms with Crippen molar-refractivity contribution in [3.63, 3.8) is 0 Å². The Kier molecular flexibility index (Phi) is 3.15. The van der Waals surface area contributed by atoms with E-state index in [1.165, 1.54) is 11.8 Å². The number of hydrogen-bond donors (Lipinski definition) is 3. The maximum Gasteiger partial charge on any atom is 0.129 e. The Morgan fingerprint density at radius 3 is 2.59 bits per heavy atom. The van der Waals surface area contributed by atoms with E-state index in [1.807, 2.05) is 13.0 Å². The fourth-order valence-corrected chi connectivity index (χ4v) is 2.37. The van der Waals surface area contributed by atoms with Crippen LogP contribution < -0.4 is 5.73 Å². The minimum Gasteiger partial charge on any atom is -0.508 e. The van der Waals surface area contributed by atoms with Crippen LogP contribution >= 0.6 is 11.8 Å². The van der Waals surface area contributed by atoms with Gasteiger partial charge in [0.1, 0.15) is 11.5 Å². The lowest BCUT2D eigenvalue weighted by Gasteiger charge is -2.08. The number of nitrogen functional groups attached to an aromatic ring is 1. The molecule has 0 saturated carbocycles. The molecule has 88 valence electrons. The molecule has 4 heteroatoms. The molecule has 17 heavy (non-hydrogen) atoms. The standard InChI is InChI=1S/C13H13NO2S/c1-8-5-12(16)13(7-11(8)14)17-10-4-2-3-9(15)6-10/h2-7,15-16H,14H2,1H3. The van der Waals surface area contributed by atoms with E-state index in [-0.39, 0.29) is 11.5 Å². The van der Waals surface area contributed by atoms with Crippen molar-refractivity contribution < 1.29 is 10.2 Å². The van der Waals surface area contributed by atoms with E-state index in [0.29, 0.717) is 10.6 Å². The average molecular weight is 247 g/mol. The summed E-state index contributed by atoms with van der Waals surface area (Å²) < 4.78 is 0. The maximum atomic E-state index is 9.81. The smallest absolute Gasteiger partial charge is 0.129 e. The Labute approximate surface area is 104 Å². The minimum absolute atomic E-state index is 0.199. The van der Waals surface area contributed by atoms with Gasteiger partial charge in [0, 0.05) is 10.6 Å². The fourth-order valence-electron chi connectivity index (χ4n) is 1.44. The van der Waals surface area contributed by atoms with E-state index in [0.717, 1.165) is 10.5 Å². The Balaban J connectivity index is 2.33. The van der Waals surface area contributed by atoms with Crippen LogP contribution in [0.5, 0.6) is 11.5 Å². The van der Waals surface area contributed by atoms with Gasteiger partial charge in [0.05, 0.1) is 4.90 Å². The van der Waals surface area contributed by atoms with E-state index < -0.39 is 0 Å². The second-order valence-corrected chi connectivity index (χ2v) is 4.89. The highest BCUT2D eigenvalue weighted by Gasteiger charge is 2.07. The first-order valence-corrected chi connectivity index (χ1v) is 5.94. The van der Waals surface area contributed by atoms with Crippen LogP contribution in [0.3, 0.4) is 0 Å². The molecule has 0 aromatic heterocycles. The summed E-state index contributed by atoms with van der Waals surface area (Å²) in [7, 11) is 0. The summed E-state index contributed by atoms with van der Waals surface area (Å²) in [5, 5.41) is 19.2. The summed E-state index contributed by atoms with van der Waals surface area (Å²) in [5.41, 5.74) is 7.29. The van der Waals surface area contributed by atoms with Gasteiger partial charge in [-0.3, -0.25) is 0 Å². The third-order valence-corrected chi connectivity index (χ3v) is 3.43. The second kappa shape index (κ2) is 4.59. The third-order valence-electron chi connectivity index (χ3n) is 2.39. The number of aromatic hydroxyl groups is 2. The molecule has 0 radical (unpaired) electrons. The van der Waals surface area contributed by atoms with Gasteiger partial charge in [-0.1, -0.05) is 17.8 Å². The lowest BCUT2D eigenvalue weighted by atomic mass is 10.2. The second-order valence-electron chi connectivity index (χ2n) is 3.78. The predicted octanol–water partition coefficient (Wildman–Crippen LogP) is 3.14. The van der Waals surface area contributed by atoms with Gasteiger partial charge in [0.2, 0.25) is 0 Å². The van der Waals surface area contributed by atoms with E-state index in [4.69, 9.17) is 5.73 Å². The summed E-state index contributed by atoms with van der Waals surface area (Å²) in [6.07, 6.45) is 0. The topological polar surface area (TPSA) is 66.5 Å². The average Bonchev–Trinajstić information content (AvgIpc) is 2.26. The summed E-state index contributed by atoms with van der Waals surface area (Å²) >= 11 is 1.36. The van der Waals surface area contributed by atoms with Gasteiger partial charge in [-0.25, -0.2) is 0 Å². The Morgan fingerprint density at radius 2 is 1.88 bits per heavy atom. The molecule has 0 amide bonds. The number of phenolic OH excluding ortho intramolecular Hbond substituents is 2. The number of aryl methyl sites for hydroxylation is 1. The highest BCUT2D eigenvalue weighted by molar-refractivity contribution is 7.99. The molecule has 0 aliphatic rings. The highest BCUT2D eigenvalue weighted by atomic mass is 32.2. The molecule has 0 bridgehead atoms. The Morgan fingerprint density at radius 1 is 1.12 bits per heavy atom. The van der Waals surface area contributed by atoms with Gasteiger partial charge in [-0.2, -0.15) is 0 Å². The van der Waals surface area contributed by atoms with Gasteiger partial charge in [0.25, 0.3) is 0 Å². The van der Waals surface area contributed by atoms with Crippen LogP contribution in [0.2, 0.25) is 0 Å². The number of nitrogens with two attached hydrogens (primary N) is 1. The van der Waals surface area contributed by atoms with Crippen molar-refractivity contribution in [1.82, 2.24) is 0 Å². The van der Waals surface area contributed by atoms with Crippen molar-refractivity contribution in [2.75, 3.05) is 5.73 Å². The first kappa shape index (κ1) is 11.7. The summed E-state index contributed by atoms with van der Waals surface area (Å²) in [6, 6.07) is 10.2. The van der Waals surface area contributed by atoms with Crippen LogP contribution in [0.15, 0.2) is 46.2 Å². The number of benzene rings is 2. The van der Waals surface area contributed by atoms with Crippen molar-refractivity contribution in [2.45, 2.75) is 16.7 Å². The van der Waals surface area contributed by atoms with E-state index in [9.17, 15) is 10.2 Å². The van der Waals surface area contributed by atoms with Gasteiger partial charge in [-0.15, -0.1) is 0 Å². The molecule has 0 heterocycles. The number of hydrogen-bond acceptors (Lipinski definition) is 4. The molecule has 0 saturated heterocycles. The summed E-state index contributed by atoms with van der Waals surface area (Å²) in [5.74, 6) is 0.402. The Hall–Kier alpha value is -1.81. The molecule has 2 rings (SSSR count). The van der Waals surface area contributed by atoms with Crippen molar-refractivity contribution in [3.8, 4) is 11.5 Å². The number of phenols is 2. The van der Waals surface area contributed by atoms with Gasteiger partial charge >= 0.3 is 0 Å². The molecule has 0 spiro atoms. The minimum atomic E-state index is 0.199. The van der Waals surface area contributed by atoms with E-state index in [2.05, 4.69) is 0 Å². The number of anilines is 1. The van der Waals surface area contributed by atoms with Crippen LogP contribution in [0.1, 0.15) is 5.56 Å². The van der Waals surface area contributed by atoms with Gasteiger partial charge in [0.15, 0.2) is 0 Å². The first-order chi connectivity index (χ1) is 8.06. The van der Waals surface area contributed by atoms with Crippen molar-refractivity contribution >= 4 is 17.4 Å². The van der Waals surface area contributed by atoms with Crippen molar-refractivity contribution in [3.05, 3.63) is 42.0 Å². The molecule has 0 fully saturated rings. The zero-order valence-corrected chi connectivity index (χ0v) is 10.2. The third kappa shape index (κ3) is 2.65. The summed E-state index contributed by atoms with van der Waals surface area (Å²) in [6.45, 7) is 1.85. The molecule has 4 N–H and O–H groups in total. The molecule has 0 aliphatic carbocycles. The molecular weight excluding hydrogens is 234 g/mol. The maximum absolute atomic E-state index is 9.81. The van der Waals surface area contributed by atoms with Crippen LogP contribution in [0, 0.1) is 6.92 Å². The zero-order chi connectivity index (χ0) is 12.4. The molecule has 2 aromatic rings. The predicted molar refractivity (Wildman–Crippen MR) is 69.5 cm³/mol. The number of rotatable bonds is 2. The highest BCUT2D eigenvalue weighted by Crippen LogP contribution is 2.37. The van der Waals surface area contributed by atoms with Gasteiger partial charge < -0.3 is 15.9 Å². The normalized spacial score (nSPS) is 10.4. The first-order valence-electron chi connectivity index (χ1n) is 5.12. The monoisotopic (exact) mass is 247 g/mol. The van der Waals surface area contributed by atoms with Crippen LogP contribution in [-0.2, 0) is 0 Å². The van der Waals surface area contributed by atoms with Crippen molar-refractivity contribution in [2.24, 2.45) is 0 Å². The molecule has 0 unspecified atom stereocenters. The van der Waals surface area contributed by atoms with Crippen molar-refractivity contribution in [1.29, 1.82) is 0 Å². The summed E-state index contributed by atoms with van der Waals surface area (Å²) in [4.78, 5) is 1.53. The quantitative estimate of drug-likeness (QED) is 0.563. The largest absolute Gasteiger partial charge is 0.508 e. The fraction of sp³-hybridized carbons (Fsp3) is 0.0769. The molecular formula is C13H13NO2S. The molecule has 3 nitrogen and oxygen atoms in total. The van der Waals surface area contributed by atoms with Crippen LogP contribution in [0.25, 0.3) is 0 Å². The van der Waals surface area contributed by atoms with E-state index >= 15 is 0 Å². The van der Waals surface area contributed by atoms with Gasteiger partial charge in [-0.05, 0) is 42.8 Å². The lowest BCUT2D eigenvalue weighted by molar-refractivity contribution is 0.462. The molecule has 0 aliphatic heterocycles.